The van der Waals surface area contributed by atoms with Gasteiger partial charge in [-0.25, -0.2) is 0 Å². The Kier molecular flexibility index (Phi) is 4.02. The molecule has 0 radical (unpaired) electrons. The Morgan fingerprint density at radius 2 is 2.17 bits per heavy atom. The number of hydrogen-bond acceptors (Lipinski definition) is 2. The largest absolute Gasteiger partial charge is 0.396 e. The minimum atomic E-state index is 0.111. The second-order valence-corrected chi connectivity index (χ2v) is 6.79. The van der Waals surface area contributed by atoms with Gasteiger partial charge in [-0.3, -0.25) is 0 Å². The summed E-state index contributed by atoms with van der Waals surface area (Å²) < 4.78 is 1.17. The van der Waals surface area contributed by atoms with E-state index in [4.69, 9.17) is 0 Å². The van der Waals surface area contributed by atoms with Gasteiger partial charge in [0.1, 0.15) is 0 Å². The Labute approximate surface area is 118 Å². The second-order valence-electron chi connectivity index (χ2n) is 5.94. The van der Waals surface area contributed by atoms with Crippen LogP contribution in [0, 0.1) is 12.8 Å². The SMILES string of the molecule is Cc1ccc(N2CCC(CO)CC2(C)C)cc1Br. The van der Waals surface area contributed by atoms with E-state index in [9.17, 15) is 5.11 Å². The number of hydrogen-bond donors (Lipinski definition) is 1. The van der Waals surface area contributed by atoms with Crippen LogP contribution < -0.4 is 4.90 Å². The number of aliphatic hydroxyl groups is 1. The smallest absolute Gasteiger partial charge is 0.0460 e. The van der Waals surface area contributed by atoms with Gasteiger partial charge in [-0.1, -0.05) is 22.0 Å². The normalized spacial score (nSPS) is 23.2. The molecule has 1 aromatic carbocycles. The summed E-state index contributed by atoms with van der Waals surface area (Å²) in [6.45, 7) is 7.98. The number of piperidine rings is 1. The molecule has 1 unspecified atom stereocenters. The van der Waals surface area contributed by atoms with Gasteiger partial charge in [-0.2, -0.15) is 0 Å². The summed E-state index contributed by atoms with van der Waals surface area (Å²) in [5, 5.41) is 9.33. The average molecular weight is 312 g/mol. The number of aliphatic hydroxyl groups excluding tert-OH is 1. The maximum Gasteiger partial charge on any atom is 0.0460 e. The third-order valence-corrected chi connectivity index (χ3v) is 4.86. The Hall–Kier alpha value is -0.540. The summed E-state index contributed by atoms with van der Waals surface area (Å²) in [5.41, 5.74) is 2.65. The molecule has 2 rings (SSSR count). The maximum absolute atomic E-state index is 9.33. The molecule has 2 nitrogen and oxygen atoms in total. The van der Waals surface area contributed by atoms with E-state index in [0.717, 1.165) is 19.4 Å². The lowest BCUT2D eigenvalue weighted by Crippen LogP contribution is -2.50. The number of nitrogens with zero attached hydrogens (tertiary/aromatic N) is 1. The summed E-state index contributed by atoms with van der Waals surface area (Å²) in [6, 6.07) is 6.56. The fourth-order valence-corrected chi connectivity index (χ4v) is 3.28. The molecule has 0 amide bonds. The van der Waals surface area contributed by atoms with Gasteiger partial charge in [-0.15, -0.1) is 0 Å². The van der Waals surface area contributed by atoms with Crippen LogP contribution in [0.3, 0.4) is 0 Å². The number of anilines is 1. The van der Waals surface area contributed by atoms with Crippen molar-refractivity contribution in [2.45, 2.75) is 39.2 Å². The zero-order valence-corrected chi connectivity index (χ0v) is 13.0. The quantitative estimate of drug-likeness (QED) is 0.899. The molecule has 3 heteroatoms. The highest BCUT2D eigenvalue weighted by atomic mass is 79.9. The van der Waals surface area contributed by atoms with E-state index in [1.165, 1.54) is 15.7 Å². The van der Waals surface area contributed by atoms with Crippen LogP contribution in [-0.4, -0.2) is 23.8 Å². The molecule has 1 aliphatic heterocycles. The molecule has 1 heterocycles. The Balaban J connectivity index is 2.25. The van der Waals surface area contributed by atoms with Crippen molar-refractivity contribution in [3.8, 4) is 0 Å². The van der Waals surface area contributed by atoms with E-state index in [0.29, 0.717) is 12.5 Å². The molecule has 18 heavy (non-hydrogen) atoms. The lowest BCUT2D eigenvalue weighted by molar-refractivity contribution is 0.166. The van der Waals surface area contributed by atoms with Crippen LogP contribution in [0.5, 0.6) is 0 Å². The third-order valence-electron chi connectivity index (χ3n) is 4.01. The second kappa shape index (κ2) is 5.22. The van der Waals surface area contributed by atoms with E-state index < -0.39 is 0 Å². The van der Waals surface area contributed by atoms with Crippen molar-refractivity contribution in [3.05, 3.63) is 28.2 Å². The molecule has 1 atom stereocenters. The van der Waals surface area contributed by atoms with Gasteiger partial charge < -0.3 is 10.0 Å². The Bertz CT molecular complexity index is 431. The van der Waals surface area contributed by atoms with E-state index in [2.05, 4.69) is 59.8 Å². The fourth-order valence-electron chi connectivity index (χ4n) is 2.92. The van der Waals surface area contributed by atoms with Crippen molar-refractivity contribution in [2.24, 2.45) is 5.92 Å². The van der Waals surface area contributed by atoms with Crippen molar-refractivity contribution < 1.29 is 5.11 Å². The molecule has 100 valence electrons. The van der Waals surface area contributed by atoms with Crippen LogP contribution in [0.25, 0.3) is 0 Å². The first-order valence-corrected chi connectivity index (χ1v) is 7.38. The minimum absolute atomic E-state index is 0.111. The lowest BCUT2D eigenvalue weighted by atomic mass is 9.82. The van der Waals surface area contributed by atoms with Crippen molar-refractivity contribution in [1.82, 2.24) is 0 Å². The molecule has 1 aromatic rings. The minimum Gasteiger partial charge on any atom is -0.396 e. The van der Waals surface area contributed by atoms with E-state index in [1.807, 2.05) is 0 Å². The first kappa shape index (κ1) is 13.9. The molecule has 0 aromatic heterocycles. The molecule has 0 saturated carbocycles. The number of benzene rings is 1. The average Bonchev–Trinajstić information content (AvgIpc) is 2.31. The number of halogens is 1. The molecule has 1 N–H and O–H groups in total. The van der Waals surface area contributed by atoms with Crippen molar-refractivity contribution in [1.29, 1.82) is 0 Å². The molecular formula is C15H22BrNO. The van der Waals surface area contributed by atoms with Gasteiger partial charge in [0.15, 0.2) is 0 Å². The summed E-state index contributed by atoms with van der Waals surface area (Å²) in [4.78, 5) is 2.46. The van der Waals surface area contributed by atoms with Crippen molar-refractivity contribution in [3.63, 3.8) is 0 Å². The van der Waals surface area contributed by atoms with Gasteiger partial charge in [0.25, 0.3) is 0 Å². The first-order valence-electron chi connectivity index (χ1n) is 6.58. The van der Waals surface area contributed by atoms with Crippen LogP contribution in [-0.2, 0) is 0 Å². The Morgan fingerprint density at radius 1 is 1.44 bits per heavy atom. The zero-order chi connectivity index (χ0) is 13.3. The number of aryl methyl sites for hydroxylation is 1. The molecule has 0 bridgehead atoms. The predicted octanol–water partition coefficient (Wildman–Crippen LogP) is 3.74. The first-order chi connectivity index (χ1) is 8.44. The third kappa shape index (κ3) is 2.72. The highest BCUT2D eigenvalue weighted by Gasteiger charge is 2.34. The fraction of sp³-hybridized carbons (Fsp3) is 0.600. The zero-order valence-electron chi connectivity index (χ0n) is 11.4. The summed E-state index contributed by atoms with van der Waals surface area (Å²) >= 11 is 3.61. The molecule has 0 spiro atoms. The standard InChI is InChI=1S/C15H22BrNO/c1-11-4-5-13(8-14(11)16)17-7-6-12(10-18)9-15(17,2)3/h4-5,8,12,18H,6-7,9-10H2,1-3H3. The van der Waals surface area contributed by atoms with Gasteiger partial charge in [0, 0.05) is 28.9 Å². The van der Waals surface area contributed by atoms with Crippen LogP contribution >= 0.6 is 15.9 Å². The Morgan fingerprint density at radius 3 is 2.72 bits per heavy atom. The van der Waals surface area contributed by atoms with Crippen LogP contribution in [0.15, 0.2) is 22.7 Å². The summed E-state index contributed by atoms with van der Waals surface area (Å²) in [5.74, 6) is 0.449. The predicted molar refractivity (Wildman–Crippen MR) is 80.1 cm³/mol. The highest BCUT2D eigenvalue weighted by molar-refractivity contribution is 9.10. The summed E-state index contributed by atoms with van der Waals surface area (Å²) in [7, 11) is 0. The molecule has 1 fully saturated rings. The van der Waals surface area contributed by atoms with Crippen LogP contribution in [0.4, 0.5) is 5.69 Å². The maximum atomic E-state index is 9.33. The monoisotopic (exact) mass is 311 g/mol. The molecule has 0 aliphatic carbocycles. The van der Waals surface area contributed by atoms with E-state index >= 15 is 0 Å². The summed E-state index contributed by atoms with van der Waals surface area (Å²) in [6.07, 6.45) is 2.13. The topological polar surface area (TPSA) is 23.5 Å². The molecule has 1 saturated heterocycles. The van der Waals surface area contributed by atoms with Gasteiger partial charge in [-0.05, 0) is 57.2 Å². The molecule has 1 aliphatic rings. The molecular weight excluding hydrogens is 290 g/mol. The van der Waals surface area contributed by atoms with Crippen LogP contribution in [0.2, 0.25) is 0 Å². The van der Waals surface area contributed by atoms with Gasteiger partial charge in [0.2, 0.25) is 0 Å². The van der Waals surface area contributed by atoms with Gasteiger partial charge >= 0.3 is 0 Å². The van der Waals surface area contributed by atoms with Crippen molar-refractivity contribution in [2.75, 3.05) is 18.1 Å². The number of rotatable bonds is 2. The van der Waals surface area contributed by atoms with Crippen molar-refractivity contribution >= 4 is 21.6 Å². The van der Waals surface area contributed by atoms with Crippen LogP contribution in [0.1, 0.15) is 32.3 Å². The van der Waals surface area contributed by atoms with E-state index in [1.54, 1.807) is 0 Å². The lowest BCUT2D eigenvalue weighted by Gasteiger charge is -2.47. The van der Waals surface area contributed by atoms with Gasteiger partial charge in [0.05, 0.1) is 0 Å². The highest BCUT2D eigenvalue weighted by Crippen LogP contribution is 2.36. The van der Waals surface area contributed by atoms with E-state index in [-0.39, 0.29) is 5.54 Å².